The van der Waals surface area contributed by atoms with E-state index in [-0.39, 0.29) is 18.6 Å². The van der Waals surface area contributed by atoms with Crippen LogP contribution < -0.4 is 10.6 Å². The summed E-state index contributed by atoms with van der Waals surface area (Å²) in [5.74, 6) is -2.72. The van der Waals surface area contributed by atoms with Gasteiger partial charge in [-0.2, -0.15) is 0 Å². The lowest BCUT2D eigenvalue weighted by Crippen LogP contribution is -2.44. The van der Waals surface area contributed by atoms with Gasteiger partial charge in [-0.3, -0.25) is 9.59 Å². The monoisotopic (exact) mass is 470 g/mol. The van der Waals surface area contributed by atoms with Gasteiger partial charge in [0.1, 0.15) is 6.04 Å². The van der Waals surface area contributed by atoms with E-state index in [2.05, 4.69) is 17.2 Å². The maximum Gasteiger partial charge on any atom is 0.308 e. The highest BCUT2D eigenvalue weighted by atomic mass is 19.2. The van der Waals surface area contributed by atoms with Gasteiger partial charge >= 0.3 is 5.97 Å². The van der Waals surface area contributed by atoms with Crippen LogP contribution in [0, 0.1) is 31.4 Å². The Morgan fingerprint density at radius 1 is 1.21 bits per heavy atom. The molecule has 34 heavy (non-hydrogen) atoms. The third-order valence-electron chi connectivity index (χ3n) is 6.10. The highest BCUT2D eigenvalue weighted by molar-refractivity contribution is 5.83. The molecule has 182 valence electrons. The van der Waals surface area contributed by atoms with Crippen LogP contribution in [0.25, 0.3) is 11.1 Å². The molecule has 1 unspecified atom stereocenters. The van der Waals surface area contributed by atoms with Crippen molar-refractivity contribution in [1.82, 2.24) is 10.6 Å². The molecule has 1 aliphatic rings. The van der Waals surface area contributed by atoms with Gasteiger partial charge in [0.25, 0.3) is 0 Å². The van der Waals surface area contributed by atoms with Gasteiger partial charge in [0, 0.05) is 5.56 Å². The predicted octanol–water partition coefficient (Wildman–Crippen LogP) is 5.26. The first-order valence-electron chi connectivity index (χ1n) is 11.6. The van der Waals surface area contributed by atoms with E-state index in [0.29, 0.717) is 17.9 Å². The number of rotatable bonds is 11. The van der Waals surface area contributed by atoms with Gasteiger partial charge in [-0.1, -0.05) is 37.6 Å². The summed E-state index contributed by atoms with van der Waals surface area (Å²) < 4.78 is 34.9. The number of amides is 1. The van der Waals surface area contributed by atoms with Crippen molar-refractivity contribution in [2.75, 3.05) is 6.61 Å². The van der Waals surface area contributed by atoms with Crippen molar-refractivity contribution in [2.24, 2.45) is 5.92 Å². The van der Waals surface area contributed by atoms with Gasteiger partial charge < -0.3 is 15.4 Å². The Morgan fingerprint density at radius 2 is 1.88 bits per heavy atom. The van der Waals surface area contributed by atoms with Crippen LogP contribution in [0.4, 0.5) is 8.78 Å². The van der Waals surface area contributed by atoms with Crippen molar-refractivity contribution < 1.29 is 23.1 Å². The molecule has 3 rings (SSSR count). The molecule has 2 atom stereocenters. The van der Waals surface area contributed by atoms with E-state index in [1.165, 1.54) is 12.3 Å². The second-order valence-corrected chi connectivity index (χ2v) is 8.80. The number of carbonyl (C=O) groups excluding carboxylic acids is 2. The normalized spacial score (nSPS) is 14.7. The fourth-order valence-corrected chi connectivity index (χ4v) is 4.26. The second-order valence-electron chi connectivity index (χ2n) is 8.80. The number of ether oxygens (including phenoxy) is 1. The summed E-state index contributed by atoms with van der Waals surface area (Å²) in [4.78, 5) is 25.4. The molecule has 5 nitrogen and oxygen atoms in total. The molecular formula is C27H32F2N2O3. The number of halogens is 2. The van der Waals surface area contributed by atoms with Crippen LogP contribution in [0.3, 0.4) is 0 Å². The van der Waals surface area contributed by atoms with Crippen LogP contribution in [0.5, 0.6) is 0 Å². The lowest BCUT2D eigenvalue weighted by Gasteiger charge is -2.24. The number of esters is 1. The molecule has 7 heteroatoms. The summed E-state index contributed by atoms with van der Waals surface area (Å²) in [5, 5.41) is 5.69. The third kappa shape index (κ3) is 6.22. The minimum Gasteiger partial charge on any atom is -0.466 e. The summed E-state index contributed by atoms with van der Waals surface area (Å²) in [5.41, 5.74) is 2.98. The molecule has 1 amide bonds. The smallest absolute Gasteiger partial charge is 0.308 e. The molecule has 2 N–H and O–H groups in total. The summed E-state index contributed by atoms with van der Waals surface area (Å²) >= 11 is 0. The SMILES string of the molecule is C=CNC(CC1CC1)C(=O)N[C@@H](CC(=O)OCC)c1cc(-c2c(C)cccc2C)cc(F)c1F. The van der Waals surface area contributed by atoms with Crippen molar-refractivity contribution in [3.63, 3.8) is 0 Å². The van der Waals surface area contributed by atoms with Crippen molar-refractivity contribution in [1.29, 1.82) is 0 Å². The number of aryl methyl sites for hydroxylation is 2. The standard InChI is InChI=1S/C27H32F2N2O3/c1-5-30-23(12-18-10-11-18)27(33)31-22(15-24(32)34-6-2)20-13-19(14-21(28)26(20)29)25-16(3)8-7-9-17(25)4/h5,7-9,13-14,18,22-23,30H,1,6,10-12,15H2,2-4H3,(H,31,33)/t22-,23?/m0/s1. The molecule has 2 aromatic carbocycles. The predicted molar refractivity (Wildman–Crippen MR) is 128 cm³/mol. The fraction of sp³-hybridized carbons (Fsp3) is 0.407. The van der Waals surface area contributed by atoms with E-state index in [4.69, 9.17) is 4.74 Å². The summed E-state index contributed by atoms with van der Waals surface area (Å²) in [6.45, 7) is 9.22. The first kappa shape index (κ1) is 25.4. The lowest BCUT2D eigenvalue weighted by atomic mass is 9.92. The van der Waals surface area contributed by atoms with E-state index in [1.807, 2.05) is 32.0 Å². The molecule has 2 aromatic rings. The van der Waals surface area contributed by atoms with Crippen LogP contribution in [-0.4, -0.2) is 24.5 Å². The van der Waals surface area contributed by atoms with E-state index in [1.54, 1.807) is 6.92 Å². The molecule has 0 saturated heterocycles. The lowest BCUT2D eigenvalue weighted by molar-refractivity contribution is -0.143. The number of hydrogen-bond acceptors (Lipinski definition) is 4. The maximum absolute atomic E-state index is 15.1. The number of benzene rings is 2. The topological polar surface area (TPSA) is 67.4 Å². The molecule has 0 spiro atoms. The average Bonchev–Trinajstić information content (AvgIpc) is 3.59. The minimum atomic E-state index is -1.10. The molecule has 0 heterocycles. The van der Waals surface area contributed by atoms with Gasteiger partial charge in [0.2, 0.25) is 5.91 Å². The summed E-state index contributed by atoms with van der Waals surface area (Å²) in [6, 6.07) is 6.66. The van der Waals surface area contributed by atoms with Crippen LogP contribution in [0.15, 0.2) is 43.1 Å². The Labute approximate surface area is 199 Å². The second kappa shape index (κ2) is 11.3. The number of nitrogens with one attached hydrogen (secondary N) is 2. The van der Waals surface area contributed by atoms with Gasteiger partial charge in [-0.15, -0.1) is 0 Å². The van der Waals surface area contributed by atoms with Gasteiger partial charge in [0.15, 0.2) is 11.6 Å². The Morgan fingerprint density at radius 3 is 2.47 bits per heavy atom. The number of hydrogen-bond donors (Lipinski definition) is 2. The van der Waals surface area contributed by atoms with E-state index in [9.17, 15) is 14.0 Å². The molecule has 0 aliphatic heterocycles. The zero-order valence-corrected chi connectivity index (χ0v) is 19.9. The average molecular weight is 471 g/mol. The molecule has 1 aliphatic carbocycles. The van der Waals surface area contributed by atoms with Crippen molar-refractivity contribution in [3.8, 4) is 11.1 Å². The molecule has 0 bridgehead atoms. The Hall–Kier alpha value is -3.22. The van der Waals surface area contributed by atoms with Crippen LogP contribution in [0.2, 0.25) is 0 Å². The first-order chi connectivity index (χ1) is 16.2. The third-order valence-corrected chi connectivity index (χ3v) is 6.10. The van der Waals surface area contributed by atoms with Gasteiger partial charge in [0.05, 0.1) is 19.1 Å². The Balaban J connectivity index is 2.00. The fourth-order valence-electron chi connectivity index (χ4n) is 4.26. The minimum absolute atomic E-state index is 0.0946. The maximum atomic E-state index is 15.1. The zero-order valence-electron chi connectivity index (χ0n) is 19.9. The quantitative estimate of drug-likeness (QED) is 0.440. The molecule has 1 saturated carbocycles. The highest BCUT2D eigenvalue weighted by Gasteiger charge is 2.32. The van der Waals surface area contributed by atoms with E-state index < -0.39 is 35.6 Å². The summed E-state index contributed by atoms with van der Waals surface area (Å²) in [6.07, 6.45) is 3.81. The molecule has 0 aromatic heterocycles. The zero-order chi connectivity index (χ0) is 24.8. The Kier molecular flexibility index (Phi) is 8.42. The molecule has 0 radical (unpaired) electrons. The molecular weight excluding hydrogens is 438 g/mol. The van der Waals surface area contributed by atoms with Crippen LogP contribution in [-0.2, 0) is 14.3 Å². The van der Waals surface area contributed by atoms with Crippen molar-refractivity contribution in [2.45, 2.75) is 58.5 Å². The Bertz CT molecular complexity index is 1050. The van der Waals surface area contributed by atoms with Crippen LogP contribution >= 0.6 is 0 Å². The van der Waals surface area contributed by atoms with Crippen molar-refractivity contribution in [3.05, 3.63) is 71.4 Å². The van der Waals surface area contributed by atoms with Crippen molar-refractivity contribution >= 4 is 11.9 Å². The van der Waals surface area contributed by atoms with Gasteiger partial charge in [-0.05, 0) is 73.7 Å². The number of carbonyl (C=O) groups is 2. The van der Waals surface area contributed by atoms with E-state index in [0.717, 1.165) is 35.6 Å². The first-order valence-corrected chi connectivity index (χ1v) is 11.6. The largest absolute Gasteiger partial charge is 0.466 e. The summed E-state index contributed by atoms with van der Waals surface area (Å²) in [7, 11) is 0. The van der Waals surface area contributed by atoms with Crippen LogP contribution in [0.1, 0.15) is 55.3 Å². The highest BCUT2D eigenvalue weighted by Crippen LogP contribution is 2.35. The molecule has 1 fully saturated rings. The van der Waals surface area contributed by atoms with E-state index >= 15 is 4.39 Å². The van der Waals surface area contributed by atoms with Gasteiger partial charge in [-0.25, -0.2) is 8.78 Å².